The Bertz CT molecular complexity index is 1100. The van der Waals surface area contributed by atoms with Gasteiger partial charge in [0.25, 0.3) is 5.56 Å². The first-order valence-corrected chi connectivity index (χ1v) is 11.2. The number of para-hydroxylation sites is 1. The van der Waals surface area contributed by atoms with Crippen LogP contribution in [0.25, 0.3) is 5.69 Å². The van der Waals surface area contributed by atoms with E-state index in [4.69, 9.17) is 11.6 Å². The van der Waals surface area contributed by atoms with Gasteiger partial charge in [-0.15, -0.1) is 0 Å². The summed E-state index contributed by atoms with van der Waals surface area (Å²) in [6.07, 6.45) is 3.15. The molecule has 4 rings (SSSR count). The molecule has 0 aliphatic carbocycles. The fourth-order valence-corrected chi connectivity index (χ4v) is 4.65. The van der Waals surface area contributed by atoms with E-state index in [9.17, 15) is 9.59 Å². The number of aromatic amines is 1. The second-order valence-electron chi connectivity index (χ2n) is 7.77. The summed E-state index contributed by atoms with van der Waals surface area (Å²) in [5.74, 6) is 0.598. The van der Waals surface area contributed by atoms with Gasteiger partial charge < -0.3 is 4.98 Å². The molecule has 0 atom stereocenters. The van der Waals surface area contributed by atoms with Gasteiger partial charge in [-0.05, 0) is 74.2 Å². The smallest absolute Gasteiger partial charge is 0.309 e. The zero-order chi connectivity index (χ0) is 21.1. The van der Waals surface area contributed by atoms with Gasteiger partial charge in [-0.25, -0.2) is 9.36 Å². The van der Waals surface area contributed by atoms with Crippen molar-refractivity contribution in [2.75, 3.05) is 13.1 Å². The molecule has 2 heterocycles. The Labute approximate surface area is 188 Å². The van der Waals surface area contributed by atoms with E-state index in [1.54, 1.807) is 24.3 Å². The van der Waals surface area contributed by atoms with Crippen LogP contribution >= 0.6 is 27.5 Å². The molecule has 0 saturated carbocycles. The Morgan fingerprint density at radius 3 is 2.47 bits per heavy atom. The fraction of sp³-hybridized carbons (Fsp3) is 0.304. The van der Waals surface area contributed by atoms with E-state index in [0.717, 1.165) is 41.8 Å². The normalized spacial score (nSPS) is 15.4. The van der Waals surface area contributed by atoms with Crippen LogP contribution in [0.2, 0.25) is 5.02 Å². The minimum atomic E-state index is -0.399. The molecule has 7 heteroatoms. The van der Waals surface area contributed by atoms with Crippen molar-refractivity contribution in [3.63, 3.8) is 0 Å². The maximum atomic E-state index is 12.5. The van der Waals surface area contributed by atoms with Crippen LogP contribution in [0.5, 0.6) is 0 Å². The second-order valence-corrected chi connectivity index (χ2v) is 9.06. The molecular weight excluding hydrogens is 466 g/mol. The minimum absolute atomic E-state index is 0.305. The van der Waals surface area contributed by atoms with Gasteiger partial charge in [0.2, 0.25) is 0 Å². The first kappa shape index (κ1) is 21.1. The van der Waals surface area contributed by atoms with Crippen molar-refractivity contribution in [3.8, 4) is 5.69 Å². The lowest BCUT2D eigenvalue weighted by Crippen LogP contribution is -2.38. The summed E-state index contributed by atoms with van der Waals surface area (Å²) in [6, 6.07) is 16.4. The first-order chi connectivity index (χ1) is 14.5. The van der Waals surface area contributed by atoms with E-state index in [1.165, 1.54) is 16.2 Å². The summed E-state index contributed by atoms with van der Waals surface area (Å²) in [6.45, 7) is 2.45. The van der Waals surface area contributed by atoms with Crippen molar-refractivity contribution in [1.29, 1.82) is 0 Å². The van der Waals surface area contributed by atoms with Gasteiger partial charge >= 0.3 is 5.69 Å². The molecule has 1 N–H and O–H groups in total. The van der Waals surface area contributed by atoms with Crippen LogP contribution in [0.3, 0.4) is 0 Å². The summed E-state index contributed by atoms with van der Waals surface area (Å²) in [5, 5.41) is 0.764. The molecule has 0 radical (unpaired) electrons. The van der Waals surface area contributed by atoms with Crippen molar-refractivity contribution in [2.24, 2.45) is 5.92 Å². The molecule has 1 aliphatic rings. The molecule has 1 saturated heterocycles. The lowest BCUT2D eigenvalue weighted by Gasteiger charge is -2.32. The van der Waals surface area contributed by atoms with Crippen LogP contribution in [0, 0.1) is 5.92 Å². The standard InChI is InChI=1S/C23H23BrClN3O2/c24-21-7-6-18(25)13-17(21)12-16-8-10-27(11-9-16)15-19-14-22(29)28(23(30)26-19)20-4-2-1-3-5-20/h1-7,13-14,16H,8-12,15H2,(H,26,30). The minimum Gasteiger partial charge on any atom is -0.309 e. The lowest BCUT2D eigenvalue weighted by atomic mass is 9.90. The molecule has 1 aromatic heterocycles. The van der Waals surface area contributed by atoms with Crippen LogP contribution in [-0.4, -0.2) is 27.5 Å². The van der Waals surface area contributed by atoms with Gasteiger partial charge in [-0.2, -0.15) is 0 Å². The monoisotopic (exact) mass is 487 g/mol. The van der Waals surface area contributed by atoms with Crippen molar-refractivity contribution in [1.82, 2.24) is 14.5 Å². The highest BCUT2D eigenvalue weighted by molar-refractivity contribution is 9.10. The topological polar surface area (TPSA) is 58.1 Å². The highest BCUT2D eigenvalue weighted by Crippen LogP contribution is 2.28. The molecule has 0 unspecified atom stereocenters. The number of hydrogen-bond acceptors (Lipinski definition) is 3. The summed E-state index contributed by atoms with van der Waals surface area (Å²) >= 11 is 9.75. The Hall–Kier alpha value is -2.15. The predicted octanol–water partition coefficient (Wildman–Crippen LogP) is 4.40. The molecule has 0 amide bonds. The quantitative estimate of drug-likeness (QED) is 0.579. The van der Waals surface area contributed by atoms with Gasteiger partial charge in [0.15, 0.2) is 0 Å². The molecule has 30 heavy (non-hydrogen) atoms. The Morgan fingerprint density at radius 1 is 1.03 bits per heavy atom. The van der Waals surface area contributed by atoms with Crippen molar-refractivity contribution < 1.29 is 0 Å². The third-order valence-electron chi connectivity index (χ3n) is 5.62. The van der Waals surface area contributed by atoms with Crippen molar-refractivity contribution in [2.45, 2.75) is 25.8 Å². The number of H-pyrrole nitrogens is 1. The summed E-state index contributed by atoms with van der Waals surface area (Å²) in [7, 11) is 0. The summed E-state index contributed by atoms with van der Waals surface area (Å²) in [5.41, 5.74) is 1.77. The number of nitrogens with one attached hydrogen (secondary N) is 1. The Morgan fingerprint density at radius 2 is 1.77 bits per heavy atom. The van der Waals surface area contributed by atoms with E-state index in [2.05, 4.69) is 25.8 Å². The van der Waals surface area contributed by atoms with E-state index in [0.29, 0.717) is 23.8 Å². The van der Waals surface area contributed by atoms with Gasteiger partial charge in [-0.1, -0.05) is 45.7 Å². The maximum absolute atomic E-state index is 12.5. The van der Waals surface area contributed by atoms with E-state index >= 15 is 0 Å². The number of aromatic nitrogens is 2. The maximum Gasteiger partial charge on any atom is 0.333 e. The molecule has 0 bridgehead atoms. The molecular formula is C23H23BrClN3O2. The summed E-state index contributed by atoms with van der Waals surface area (Å²) in [4.78, 5) is 30.2. The number of nitrogens with zero attached hydrogens (tertiary/aromatic N) is 2. The number of hydrogen-bond donors (Lipinski definition) is 1. The average molecular weight is 489 g/mol. The molecule has 0 spiro atoms. The van der Waals surface area contributed by atoms with Gasteiger partial charge in [0, 0.05) is 27.8 Å². The second kappa shape index (κ2) is 9.33. The number of halogens is 2. The van der Waals surface area contributed by atoms with Crippen LogP contribution < -0.4 is 11.2 Å². The van der Waals surface area contributed by atoms with E-state index in [1.807, 2.05) is 24.3 Å². The Kier molecular flexibility index (Phi) is 6.56. The number of piperidine rings is 1. The fourth-order valence-electron chi connectivity index (χ4n) is 4.05. The van der Waals surface area contributed by atoms with Crippen molar-refractivity contribution >= 4 is 27.5 Å². The number of rotatable bonds is 5. The number of benzene rings is 2. The highest BCUT2D eigenvalue weighted by Gasteiger charge is 2.21. The predicted molar refractivity (Wildman–Crippen MR) is 124 cm³/mol. The van der Waals surface area contributed by atoms with Crippen LogP contribution in [0.4, 0.5) is 0 Å². The molecule has 5 nitrogen and oxygen atoms in total. The SMILES string of the molecule is O=c1cc(CN2CCC(Cc3cc(Cl)ccc3Br)CC2)[nH]c(=O)n1-c1ccccc1. The van der Waals surface area contributed by atoms with Crippen LogP contribution in [-0.2, 0) is 13.0 Å². The lowest BCUT2D eigenvalue weighted by molar-refractivity contribution is 0.175. The zero-order valence-electron chi connectivity index (χ0n) is 16.5. The highest BCUT2D eigenvalue weighted by atomic mass is 79.9. The van der Waals surface area contributed by atoms with Crippen LogP contribution in [0.15, 0.2) is 68.7 Å². The van der Waals surface area contributed by atoms with Gasteiger partial charge in [0.05, 0.1) is 5.69 Å². The zero-order valence-corrected chi connectivity index (χ0v) is 18.8. The summed E-state index contributed by atoms with van der Waals surface area (Å²) < 4.78 is 2.27. The molecule has 1 fully saturated rings. The molecule has 1 aliphatic heterocycles. The molecule has 156 valence electrons. The van der Waals surface area contributed by atoms with Gasteiger partial charge in [0.1, 0.15) is 0 Å². The molecule has 2 aromatic carbocycles. The van der Waals surface area contributed by atoms with Crippen molar-refractivity contribution in [3.05, 3.63) is 96.2 Å². The third kappa shape index (κ3) is 4.94. The third-order valence-corrected chi connectivity index (χ3v) is 6.63. The largest absolute Gasteiger partial charge is 0.333 e. The first-order valence-electron chi connectivity index (χ1n) is 10.1. The van der Waals surface area contributed by atoms with Gasteiger partial charge in [-0.3, -0.25) is 9.69 Å². The number of likely N-dealkylation sites (tertiary alicyclic amines) is 1. The van der Waals surface area contributed by atoms with E-state index in [-0.39, 0.29) is 5.56 Å². The van der Waals surface area contributed by atoms with Crippen LogP contribution in [0.1, 0.15) is 24.1 Å². The average Bonchev–Trinajstić information content (AvgIpc) is 2.72. The Balaban J connectivity index is 1.39. The van der Waals surface area contributed by atoms with E-state index < -0.39 is 5.69 Å². The molecule has 3 aromatic rings.